The van der Waals surface area contributed by atoms with Crippen LogP contribution < -0.4 is 10.1 Å². The van der Waals surface area contributed by atoms with Gasteiger partial charge < -0.3 is 19.6 Å². The van der Waals surface area contributed by atoms with Crippen molar-refractivity contribution in [3.63, 3.8) is 0 Å². The molecule has 1 atom stereocenters. The quantitative estimate of drug-likeness (QED) is 0.450. The molecule has 1 aliphatic carbocycles. The van der Waals surface area contributed by atoms with Gasteiger partial charge in [0, 0.05) is 37.5 Å². The number of piperidine rings is 1. The summed E-state index contributed by atoms with van der Waals surface area (Å²) in [5.41, 5.74) is 1.37. The summed E-state index contributed by atoms with van der Waals surface area (Å²) < 4.78 is 11.6. The van der Waals surface area contributed by atoms with E-state index in [1.807, 2.05) is 18.2 Å². The number of hydrogen-bond donors (Lipinski definition) is 1. The van der Waals surface area contributed by atoms with Gasteiger partial charge in [-0.15, -0.1) is 15.5 Å². The van der Waals surface area contributed by atoms with Gasteiger partial charge in [-0.3, -0.25) is 14.8 Å². The van der Waals surface area contributed by atoms with Gasteiger partial charge in [0.25, 0.3) is 0 Å². The second-order valence-electron chi connectivity index (χ2n) is 10.6. The summed E-state index contributed by atoms with van der Waals surface area (Å²) in [4.78, 5) is 38.5. The van der Waals surface area contributed by atoms with Gasteiger partial charge in [0.05, 0.1) is 17.3 Å². The highest BCUT2D eigenvalue weighted by Gasteiger charge is 2.28. The third-order valence-electron chi connectivity index (χ3n) is 6.15. The van der Waals surface area contributed by atoms with Crippen molar-refractivity contribution in [3.8, 4) is 11.8 Å². The summed E-state index contributed by atoms with van der Waals surface area (Å²) in [5.74, 6) is 0.882. The molecule has 3 fully saturated rings. The number of amidine groups is 1. The fourth-order valence-corrected chi connectivity index (χ4v) is 5.90. The molecule has 1 aromatic carbocycles. The maximum absolute atomic E-state index is 12.1. The van der Waals surface area contributed by atoms with Crippen molar-refractivity contribution >= 4 is 44.0 Å². The van der Waals surface area contributed by atoms with Gasteiger partial charge in [0.1, 0.15) is 29.1 Å². The molecule has 0 spiro atoms. The molecular weight excluding hydrogens is 506 g/mol. The number of aliphatic imine (C=N–C) groups is 1. The Morgan fingerprint density at radius 3 is 2.71 bits per heavy atom. The molecule has 38 heavy (non-hydrogen) atoms. The predicted octanol–water partition coefficient (Wildman–Crippen LogP) is 3.88. The molecule has 0 bridgehead atoms. The van der Waals surface area contributed by atoms with Gasteiger partial charge >= 0.3 is 6.16 Å². The molecule has 0 radical (unpaired) electrons. The number of pyridine rings is 1. The van der Waals surface area contributed by atoms with Crippen LogP contribution >= 0.6 is 10.5 Å². The van der Waals surface area contributed by atoms with E-state index in [9.17, 15) is 14.9 Å². The summed E-state index contributed by atoms with van der Waals surface area (Å²) in [5, 5.41) is 17.8. The summed E-state index contributed by atoms with van der Waals surface area (Å²) >= 11 is 0. The Kier molecular flexibility index (Phi) is 7.36. The number of hydroxylamine groups is 2. The molecule has 1 aromatic heterocycles. The van der Waals surface area contributed by atoms with Crippen LogP contribution in [0.15, 0.2) is 29.4 Å². The highest BCUT2D eigenvalue weighted by atomic mass is 32.2. The zero-order valence-electron chi connectivity index (χ0n) is 21.7. The average Bonchev–Trinajstić information content (AvgIpc) is 3.61. The molecule has 11 heteroatoms. The zero-order valence-corrected chi connectivity index (χ0v) is 22.5. The van der Waals surface area contributed by atoms with Crippen molar-refractivity contribution in [1.29, 1.82) is 5.26 Å². The van der Waals surface area contributed by atoms with E-state index in [2.05, 4.69) is 26.7 Å². The lowest BCUT2D eigenvalue weighted by molar-refractivity contribution is -0.158. The smallest absolute Gasteiger partial charge is 0.488 e. The first-order valence-corrected chi connectivity index (χ1v) is 14.2. The number of amides is 1. The Morgan fingerprint density at radius 2 is 2.03 bits per heavy atom. The maximum atomic E-state index is 12.1. The number of aromatic nitrogens is 1. The lowest BCUT2D eigenvalue weighted by Crippen LogP contribution is -2.40. The van der Waals surface area contributed by atoms with Crippen molar-refractivity contribution in [2.24, 2.45) is 4.99 Å². The maximum Gasteiger partial charge on any atom is 0.528 e. The van der Waals surface area contributed by atoms with E-state index in [0.717, 1.165) is 34.5 Å². The Bertz CT molecular complexity index is 1360. The summed E-state index contributed by atoms with van der Waals surface area (Å²) in [7, 11) is -0.424. The van der Waals surface area contributed by atoms with Crippen LogP contribution in [0.5, 0.6) is 5.75 Å². The molecule has 2 aromatic rings. The zero-order chi connectivity index (χ0) is 26.9. The van der Waals surface area contributed by atoms with Crippen LogP contribution in [0.4, 0.5) is 4.79 Å². The van der Waals surface area contributed by atoms with Crippen molar-refractivity contribution in [2.45, 2.75) is 64.2 Å². The minimum Gasteiger partial charge on any atom is -0.488 e. The lowest BCUT2D eigenvalue weighted by Gasteiger charge is -2.31. The van der Waals surface area contributed by atoms with Crippen molar-refractivity contribution < 1.29 is 23.9 Å². The largest absolute Gasteiger partial charge is 0.528 e. The van der Waals surface area contributed by atoms with Crippen LogP contribution in [0.3, 0.4) is 0 Å². The lowest BCUT2D eigenvalue weighted by atomic mass is 10.1. The number of rotatable bonds is 5. The number of hydrogen-bond acceptors (Lipinski definition) is 9. The minimum atomic E-state index is -0.724. The molecule has 2 aliphatic heterocycles. The van der Waals surface area contributed by atoms with Crippen LogP contribution in [0.1, 0.15) is 57.6 Å². The number of fused-ring (bicyclic) bond motifs is 1. The van der Waals surface area contributed by atoms with Crippen molar-refractivity contribution in [1.82, 2.24) is 15.4 Å². The monoisotopic (exact) mass is 537 g/mol. The van der Waals surface area contributed by atoms with E-state index in [-0.39, 0.29) is 12.0 Å². The van der Waals surface area contributed by atoms with E-state index in [4.69, 9.17) is 14.3 Å². The number of carbonyl (C=O) groups excluding carboxylic acids is 2. The molecule has 1 saturated carbocycles. The number of nitrogens with one attached hydrogen (secondary N) is 1. The third-order valence-corrected chi connectivity index (χ3v) is 7.98. The molecule has 2 saturated heterocycles. The predicted molar refractivity (Wildman–Crippen MR) is 145 cm³/mol. The van der Waals surface area contributed by atoms with Crippen LogP contribution in [0.2, 0.25) is 0 Å². The Morgan fingerprint density at radius 1 is 1.26 bits per heavy atom. The number of benzene rings is 1. The molecule has 3 heterocycles. The first-order chi connectivity index (χ1) is 18.2. The molecule has 5 rings (SSSR count). The molecule has 1 unspecified atom stereocenters. The van der Waals surface area contributed by atoms with Crippen molar-refractivity contribution in [2.75, 3.05) is 18.8 Å². The fourth-order valence-electron chi connectivity index (χ4n) is 4.21. The number of carbonyl (C=O) groups is 2. The number of ether oxygens (including phenoxy) is 2. The molecule has 10 nitrogen and oxygen atoms in total. The number of nitriles is 1. The van der Waals surface area contributed by atoms with Gasteiger partial charge in [-0.2, -0.15) is 5.26 Å². The Balaban J connectivity index is 1.33. The highest BCUT2D eigenvalue weighted by Crippen LogP contribution is 2.33. The number of nitrogens with zero attached hydrogens (tertiary/aromatic N) is 4. The van der Waals surface area contributed by atoms with Gasteiger partial charge in [-0.25, -0.2) is 4.79 Å². The average molecular weight is 538 g/mol. The van der Waals surface area contributed by atoms with E-state index >= 15 is 0 Å². The van der Waals surface area contributed by atoms with Gasteiger partial charge in [0.2, 0.25) is 5.91 Å². The highest BCUT2D eigenvalue weighted by molar-refractivity contribution is 8.29. The molecular formula is C27H31N5O5S. The van der Waals surface area contributed by atoms with Gasteiger partial charge in [-0.1, -0.05) is 6.07 Å². The van der Waals surface area contributed by atoms with Crippen LogP contribution in [-0.2, 0) is 14.4 Å². The molecule has 200 valence electrons. The van der Waals surface area contributed by atoms with E-state index in [0.29, 0.717) is 49.0 Å². The second-order valence-corrected chi connectivity index (χ2v) is 12.4. The van der Waals surface area contributed by atoms with Crippen LogP contribution in [0, 0.1) is 11.3 Å². The SMILES string of the molecule is CC(C)(C)OC(=O)ON1CCC(Oc2c(C#N)cnc3ccc(/C=S4/CC(=O)NC4=NC4CC4)cc23)CC1. The summed E-state index contributed by atoms with van der Waals surface area (Å²) in [6, 6.07) is 8.35. The topological polar surface area (TPSA) is 126 Å². The van der Waals surface area contributed by atoms with E-state index in [1.165, 1.54) is 6.20 Å². The summed E-state index contributed by atoms with van der Waals surface area (Å²) in [6.07, 6.45) is 4.02. The normalized spacial score (nSPS) is 21.9. The molecule has 3 aliphatic rings. The minimum absolute atomic E-state index is 0.00998. The molecule has 1 N–H and O–H groups in total. The van der Waals surface area contributed by atoms with Gasteiger partial charge in [0.15, 0.2) is 5.17 Å². The van der Waals surface area contributed by atoms with E-state index < -0.39 is 22.2 Å². The van der Waals surface area contributed by atoms with Crippen molar-refractivity contribution in [3.05, 3.63) is 35.5 Å². The Hall–Kier alpha value is -3.49. The van der Waals surface area contributed by atoms with Crippen LogP contribution in [-0.4, -0.2) is 69.2 Å². The first-order valence-electron chi connectivity index (χ1n) is 12.7. The third kappa shape index (κ3) is 6.49. The first kappa shape index (κ1) is 26.1. The molecule has 1 amide bonds. The van der Waals surface area contributed by atoms with Gasteiger partial charge in [-0.05, 0) is 56.7 Å². The van der Waals surface area contributed by atoms with Crippen LogP contribution in [0.25, 0.3) is 10.9 Å². The van der Waals surface area contributed by atoms with E-state index in [1.54, 1.807) is 25.8 Å². The fraction of sp³-hybridized carbons (Fsp3) is 0.481. The Labute approximate surface area is 223 Å². The summed E-state index contributed by atoms with van der Waals surface area (Å²) in [6.45, 7) is 6.33. The standard InChI is InChI=1S/C27H31N5O5S/c1-27(2,3)36-26(34)37-32-10-8-20(9-11-32)35-24-18(13-28)14-29-22-7-4-17(12-21(22)24)15-38-16-23(33)31-25(38)30-19-5-6-19/h4,7,12,14-15,19-20H,5-6,8-11,16H2,1-3H3,(H,30,31,33). The second kappa shape index (κ2) is 10.7.